The topological polar surface area (TPSA) is 141 Å². The zero-order valence-corrected chi connectivity index (χ0v) is 19.1. The Bertz CT molecular complexity index is 1170. The molecular weight excluding hydrogens is 442 g/mol. The third-order valence-electron chi connectivity index (χ3n) is 3.92. The van der Waals surface area contributed by atoms with Gasteiger partial charge in [0.1, 0.15) is 5.75 Å². The van der Waals surface area contributed by atoms with Crippen LogP contribution in [0.3, 0.4) is 0 Å². The molecule has 2 heterocycles. The van der Waals surface area contributed by atoms with Crippen LogP contribution >= 0.6 is 11.3 Å². The average Bonchev–Trinajstić information content (AvgIpc) is 3.30. The van der Waals surface area contributed by atoms with Crippen molar-refractivity contribution in [2.24, 2.45) is 13.0 Å². The summed E-state index contributed by atoms with van der Waals surface area (Å²) in [6.45, 7) is 6.53. The lowest BCUT2D eigenvalue weighted by molar-refractivity contribution is 0.260. The molecule has 3 rings (SSSR count). The van der Waals surface area contributed by atoms with Gasteiger partial charge < -0.3 is 10.1 Å². The number of aromatic nitrogens is 5. The third-order valence-corrected chi connectivity index (χ3v) is 6.61. The van der Waals surface area contributed by atoms with Crippen LogP contribution in [0.2, 0.25) is 0 Å². The van der Waals surface area contributed by atoms with Crippen LogP contribution in [0, 0.1) is 12.8 Å². The maximum Gasteiger partial charge on any atom is 0.325 e. The molecular formula is C18H23N7O4S2. The summed E-state index contributed by atoms with van der Waals surface area (Å²) in [7, 11) is -2.29. The minimum absolute atomic E-state index is 0.235. The summed E-state index contributed by atoms with van der Waals surface area (Å²) < 4.78 is 31.7. The highest BCUT2D eigenvalue weighted by Crippen LogP contribution is 2.27. The molecule has 2 amide bonds. The number of carbonyl (C=O) groups excluding carboxylic acids is 1. The normalized spacial score (nSPS) is 11.5. The van der Waals surface area contributed by atoms with Gasteiger partial charge in [-0.1, -0.05) is 25.0 Å². The van der Waals surface area contributed by atoms with Crippen molar-refractivity contribution in [3.05, 3.63) is 34.8 Å². The van der Waals surface area contributed by atoms with E-state index in [0.717, 1.165) is 21.6 Å². The lowest BCUT2D eigenvalue weighted by Gasteiger charge is -2.14. The van der Waals surface area contributed by atoms with E-state index in [1.165, 1.54) is 13.2 Å². The number of benzene rings is 1. The van der Waals surface area contributed by atoms with Crippen LogP contribution in [0.1, 0.15) is 24.3 Å². The number of hydrogen-bond acceptors (Lipinski definition) is 9. The van der Waals surface area contributed by atoms with Crippen molar-refractivity contribution in [2.45, 2.75) is 31.7 Å². The number of aryl methyl sites for hydroxylation is 2. The van der Waals surface area contributed by atoms with Gasteiger partial charge in [0.15, 0.2) is 5.13 Å². The van der Waals surface area contributed by atoms with E-state index in [0.29, 0.717) is 28.8 Å². The van der Waals surface area contributed by atoms with E-state index in [1.807, 2.05) is 32.9 Å². The number of thiazole rings is 1. The molecule has 0 saturated heterocycles. The second-order valence-electron chi connectivity index (χ2n) is 7.26. The van der Waals surface area contributed by atoms with Crippen molar-refractivity contribution in [3.8, 4) is 5.75 Å². The van der Waals surface area contributed by atoms with Crippen molar-refractivity contribution in [3.63, 3.8) is 0 Å². The van der Waals surface area contributed by atoms with Gasteiger partial charge in [0, 0.05) is 18.1 Å². The fourth-order valence-electron chi connectivity index (χ4n) is 2.53. The van der Waals surface area contributed by atoms with Crippen LogP contribution in [-0.4, -0.2) is 46.2 Å². The lowest BCUT2D eigenvalue weighted by Crippen LogP contribution is -2.20. The van der Waals surface area contributed by atoms with Crippen LogP contribution < -0.4 is 15.4 Å². The number of hydrogen-bond donors (Lipinski definition) is 2. The lowest BCUT2D eigenvalue weighted by atomic mass is 10.2. The molecule has 0 aliphatic heterocycles. The van der Waals surface area contributed by atoms with Gasteiger partial charge in [0.25, 0.3) is 5.16 Å². The van der Waals surface area contributed by atoms with E-state index in [4.69, 9.17) is 4.74 Å². The van der Waals surface area contributed by atoms with E-state index < -0.39 is 15.9 Å². The number of rotatable bonds is 8. The Morgan fingerprint density at radius 3 is 2.74 bits per heavy atom. The van der Waals surface area contributed by atoms with Gasteiger partial charge in [-0.2, -0.15) is 0 Å². The largest absolute Gasteiger partial charge is 0.491 e. The summed E-state index contributed by atoms with van der Waals surface area (Å²) in [6.07, 6.45) is 1.39. The first-order valence-corrected chi connectivity index (χ1v) is 11.8. The Kier molecular flexibility index (Phi) is 6.85. The molecule has 0 fully saturated rings. The second kappa shape index (κ2) is 9.39. The smallest absolute Gasteiger partial charge is 0.325 e. The first-order valence-electron chi connectivity index (χ1n) is 9.35. The van der Waals surface area contributed by atoms with E-state index in [1.54, 1.807) is 6.07 Å². The number of sulfone groups is 1. The van der Waals surface area contributed by atoms with Gasteiger partial charge in [0.05, 0.1) is 18.0 Å². The zero-order valence-electron chi connectivity index (χ0n) is 17.5. The van der Waals surface area contributed by atoms with E-state index in [9.17, 15) is 13.2 Å². The molecule has 0 spiro atoms. The fraction of sp³-hybridized carbons (Fsp3) is 0.389. The van der Waals surface area contributed by atoms with E-state index in [2.05, 4.69) is 31.1 Å². The molecule has 3 aromatic rings. The molecule has 0 bridgehead atoms. The van der Waals surface area contributed by atoms with Gasteiger partial charge in [-0.05, 0) is 41.0 Å². The number of amides is 2. The van der Waals surface area contributed by atoms with Gasteiger partial charge in [-0.15, -0.1) is 11.3 Å². The van der Waals surface area contributed by atoms with Crippen molar-refractivity contribution >= 4 is 38.0 Å². The molecule has 2 aromatic heterocycles. The van der Waals surface area contributed by atoms with Crippen molar-refractivity contribution in [1.82, 2.24) is 25.2 Å². The number of nitrogens with zero attached hydrogens (tertiary/aromatic N) is 5. The molecule has 2 N–H and O–H groups in total. The summed E-state index contributed by atoms with van der Waals surface area (Å²) >= 11 is 1.05. The van der Waals surface area contributed by atoms with Crippen LogP contribution in [0.4, 0.5) is 15.6 Å². The van der Waals surface area contributed by atoms with E-state index in [-0.39, 0.29) is 16.0 Å². The highest BCUT2D eigenvalue weighted by Gasteiger charge is 2.23. The summed E-state index contributed by atoms with van der Waals surface area (Å²) in [5.74, 6) is 0.587. The molecule has 166 valence electrons. The first kappa shape index (κ1) is 22.6. The monoisotopic (exact) mass is 465 g/mol. The molecule has 0 saturated carbocycles. The van der Waals surface area contributed by atoms with Crippen LogP contribution in [0.15, 0.2) is 29.6 Å². The second-order valence-corrected chi connectivity index (χ2v) is 10.3. The SMILES string of the molecule is Cc1ccc(NC(=O)Nc2ncc(CS(=O)(=O)c3nnnn3C)s2)c(OCC(C)C)c1. The number of anilines is 2. The minimum Gasteiger partial charge on any atom is -0.491 e. The molecule has 0 aliphatic carbocycles. The van der Waals surface area contributed by atoms with E-state index >= 15 is 0 Å². The molecule has 13 heteroatoms. The number of nitrogens with one attached hydrogen (secondary N) is 2. The van der Waals surface area contributed by atoms with Gasteiger partial charge >= 0.3 is 6.03 Å². The predicted octanol–water partition coefficient (Wildman–Crippen LogP) is 2.63. The summed E-state index contributed by atoms with van der Waals surface area (Å²) in [4.78, 5) is 16.9. The molecule has 0 atom stereocenters. The summed E-state index contributed by atoms with van der Waals surface area (Å²) in [5.41, 5.74) is 1.53. The highest BCUT2D eigenvalue weighted by molar-refractivity contribution is 7.90. The zero-order chi connectivity index (χ0) is 22.6. The fourth-order valence-corrected chi connectivity index (χ4v) is 5.01. The number of urea groups is 1. The third kappa shape index (κ3) is 5.98. The molecule has 0 radical (unpaired) electrons. The highest BCUT2D eigenvalue weighted by atomic mass is 32.2. The molecule has 0 aliphatic rings. The van der Waals surface area contributed by atoms with Crippen LogP contribution in [0.5, 0.6) is 5.75 Å². The number of carbonyl (C=O) groups is 1. The maximum atomic E-state index is 12.4. The minimum atomic E-state index is -3.74. The number of ether oxygens (including phenoxy) is 1. The van der Waals surface area contributed by atoms with Crippen LogP contribution in [-0.2, 0) is 22.6 Å². The van der Waals surface area contributed by atoms with Crippen molar-refractivity contribution in [2.75, 3.05) is 17.2 Å². The van der Waals surface area contributed by atoms with Gasteiger partial charge in [-0.3, -0.25) is 5.32 Å². The Morgan fingerprint density at radius 2 is 2.06 bits per heavy atom. The molecule has 1 aromatic carbocycles. The average molecular weight is 466 g/mol. The Balaban J connectivity index is 1.65. The quantitative estimate of drug-likeness (QED) is 0.517. The summed E-state index contributed by atoms with van der Waals surface area (Å²) in [6, 6.07) is 4.97. The molecule has 0 unspecified atom stereocenters. The van der Waals surface area contributed by atoms with Gasteiger partial charge in [0.2, 0.25) is 9.84 Å². The van der Waals surface area contributed by atoms with Gasteiger partial charge in [-0.25, -0.2) is 22.9 Å². The molecule has 11 nitrogen and oxygen atoms in total. The Morgan fingerprint density at radius 1 is 1.29 bits per heavy atom. The Hall–Kier alpha value is -3.06. The van der Waals surface area contributed by atoms with Crippen LogP contribution in [0.25, 0.3) is 0 Å². The predicted molar refractivity (Wildman–Crippen MR) is 116 cm³/mol. The number of tetrazole rings is 1. The Labute approximate surface area is 183 Å². The standard InChI is InChI=1S/C18H23N7O4S2/c1-11(2)9-29-15-7-12(3)5-6-14(15)20-16(26)21-17-19-8-13(30-17)10-31(27,28)18-22-23-24-25(18)4/h5-8,11H,9-10H2,1-4H3,(H2,19,20,21,26). The summed E-state index contributed by atoms with van der Waals surface area (Å²) in [5, 5.41) is 15.8. The first-order chi connectivity index (χ1) is 14.6. The van der Waals surface area contributed by atoms with Crippen molar-refractivity contribution in [1.29, 1.82) is 0 Å². The molecule has 31 heavy (non-hydrogen) atoms. The van der Waals surface area contributed by atoms with Crippen molar-refractivity contribution < 1.29 is 17.9 Å². The maximum absolute atomic E-state index is 12.4.